The molecule has 0 unspecified atom stereocenters. The third-order valence-electron chi connectivity index (χ3n) is 4.40. The SMILES string of the molecule is CCCn1ncc(CN[C@H]2COc3c(cccc3OC)C2)c1C. The van der Waals surface area contributed by atoms with Crippen LogP contribution in [0.4, 0.5) is 0 Å². The molecule has 1 aliphatic heterocycles. The van der Waals surface area contributed by atoms with E-state index in [2.05, 4.69) is 35.0 Å². The summed E-state index contributed by atoms with van der Waals surface area (Å²) >= 11 is 0. The highest BCUT2D eigenvalue weighted by atomic mass is 16.5. The Bertz CT molecular complexity index is 666. The van der Waals surface area contributed by atoms with Crippen LogP contribution in [0.3, 0.4) is 0 Å². The van der Waals surface area contributed by atoms with E-state index >= 15 is 0 Å². The number of ether oxygens (including phenoxy) is 2. The number of benzene rings is 1. The number of hydrogen-bond acceptors (Lipinski definition) is 4. The molecule has 23 heavy (non-hydrogen) atoms. The number of fused-ring (bicyclic) bond motifs is 1. The molecule has 2 heterocycles. The Morgan fingerprint density at radius 1 is 1.43 bits per heavy atom. The summed E-state index contributed by atoms with van der Waals surface area (Å²) in [7, 11) is 1.68. The van der Waals surface area contributed by atoms with Gasteiger partial charge in [0.1, 0.15) is 6.61 Å². The van der Waals surface area contributed by atoms with E-state index in [1.54, 1.807) is 7.11 Å². The van der Waals surface area contributed by atoms with Gasteiger partial charge in [-0.15, -0.1) is 0 Å². The third-order valence-corrected chi connectivity index (χ3v) is 4.40. The highest BCUT2D eigenvalue weighted by molar-refractivity contribution is 5.48. The number of methoxy groups -OCH3 is 1. The summed E-state index contributed by atoms with van der Waals surface area (Å²) in [6.45, 7) is 6.77. The minimum Gasteiger partial charge on any atom is -0.493 e. The van der Waals surface area contributed by atoms with E-state index in [0.29, 0.717) is 12.6 Å². The smallest absolute Gasteiger partial charge is 0.164 e. The van der Waals surface area contributed by atoms with Crippen LogP contribution in [0.2, 0.25) is 0 Å². The fourth-order valence-electron chi connectivity index (χ4n) is 3.04. The third kappa shape index (κ3) is 3.34. The zero-order chi connectivity index (χ0) is 16.2. The van der Waals surface area contributed by atoms with E-state index in [9.17, 15) is 0 Å². The second-order valence-corrected chi connectivity index (χ2v) is 6.02. The summed E-state index contributed by atoms with van der Waals surface area (Å²) in [6.07, 6.45) is 4.03. The molecule has 0 saturated heterocycles. The second kappa shape index (κ2) is 7.04. The normalized spacial score (nSPS) is 16.7. The number of nitrogens with zero attached hydrogens (tertiary/aromatic N) is 2. The Kier molecular flexibility index (Phi) is 4.86. The summed E-state index contributed by atoms with van der Waals surface area (Å²) in [4.78, 5) is 0. The molecule has 1 atom stereocenters. The van der Waals surface area contributed by atoms with Crippen LogP contribution >= 0.6 is 0 Å². The van der Waals surface area contributed by atoms with Crippen LogP contribution in [0.25, 0.3) is 0 Å². The van der Waals surface area contributed by atoms with E-state index in [0.717, 1.165) is 37.4 Å². The van der Waals surface area contributed by atoms with Crippen molar-refractivity contribution in [2.45, 2.75) is 45.8 Å². The van der Waals surface area contributed by atoms with Crippen molar-refractivity contribution in [2.75, 3.05) is 13.7 Å². The first kappa shape index (κ1) is 15.9. The fourth-order valence-corrected chi connectivity index (χ4v) is 3.04. The predicted octanol–water partition coefficient (Wildman–Crippen LogP) is 2.70. The average Bonchev–Trinajstić information content (AvgIpc) is 2.93. The van der Waals surface area contributed by atoms with Crippen LogP contribution in [0.5, 0.6) is 11.5 Å². The number of aryl methyl sites for hydroxylation is 1. The Labute approximate surface area is 137 Å². The lowest BCUT2D eigenvalue weighted by molar-refractivity contribution is 0.226. The molecule has 1 aromatic carbocycles. The van der Waals surface area contributed by atoms with Crippen molar-refractivity contribution >= 4 is 0 Å². The predicted molar refractivity (Wildman–Crippen MR) is 90.1 cm³/mol. The van der Waals surface area contributed by atoms with Crippen LogP contribution < -0.4 is 14.8 Å². The van der Waals surface area contributed by atoms with Crippen molar-refractivity contribution in [1.29, 1.82) is 0 Å². The first-order valence-corrected chi connectivity index (χ1v) is 8.26. The summed E-state index contributed by atoms with van der Waals surface area (Å²) in [5, 5.41) is 8.05. The van der Waals surface area contributed by atoms with Crippen LogP contribution in [-0.4, -0.2) is 29.5 Å². The highest BCUT2D eigenvalue weighted by Crippen LogP contribution is 2.34. The molecule has 0 aliphatic carbocycles. The van der Waals surface area contributed by atoms with E-state index in [1.807, 2.05) is 18.3 Å². The van der Waals surface area contributed by atoms with Crippen molar-refractivity contribution in [3.05, 3.63) is 41.2 Å². The molecule has 5 nitrogen and oxygen atoms in total. The Hall–Kier alpha value is -2.01. The van der Waals surface area contributed by atoms with Gasteiger partial charge >= 0.3 is 0 Å². The lowest BCUT2D eigenvalue weighted by atomic mass is 10.0. The minimum absolute atomic E-state index is 0.309. The molecule has 0 radical (unpaired) electrons. The van der Waals surface area contributed by atoms with Crippen molar-refractivity contribution in [3.8, 4) is 11.5 Å². The van der Waals surface area contributed by atoms with Gasteiger partial charge in [0.2, 0.25) is 0 Å². The molecule has 0 amide bonds. The zero-order valence-electron chi connectivity index (χ0n) is 14.1. The summed E-state index contributed by atoms with van der Waals surface area (Å²) in [5.41, 5.74) is 3.71. The topological polar surface area (TPSA) is 48.3 Å². The Balaban J connectivity index is 1.62. The van der Waals surface area contributed by atoms with Crippen molar-refractivity contribution in [2.24, 2.45) is 0 Å². The number of hydrogen-bond donors (Lipinski definition) is 1. The Morgan fingerprint density at radius 3 is 3.09 bits per heavy atom. The van der Waals surface area contributed by atoms with Crippen LogP contribution in [0, 0.1) is 6.92 Å². The van der Waals surface area contributed by atoms with Gasteiger partial charge in [-0.25, -0.2) is 0 Å². The molecule has 1 N–H and O–H groups in total. The fraction of sp³-hybridized carbons (Fsp3) is 0.500. The molecule has 1 aliphatic rings. The number of para-hydroxylation sites is 1. The van der Waals surface area contributed by atoms with Gasteiger partial charge in [-0.3, -0.25) is 4.68 Å². The summed E-state index contributed by atoms with van der Waals surface area (Å²) < 4.78 is 13.4. The maximum atomic E-state index is 5.91. The van der Waals surface area contributed by atoms with Crippen molar-refractivity contribution < 1.29 is 9.47 Å². The van der Waals surface area contributed by atoms with Gasteiger partial charge in [-0.2, -0.15) is 5.10 Å². The maximum Gasteiger partial charge on any atom is 0.164 e. The van der Waals surface area contributed by atoms with Crippen molar-refractivity contribution in [1.82, 2.24) is 15.1 Å². The van der Waals surface area contributed by atoms with E-state index in [1.165, 1.54) is 16.8 Å². The quantitative estimate of drug-likeness (QED) is 0.890. The molecule has 124 valence electrons. The van der Waals surface area contributed by atoms with Gasteiger partial charge in [-0.05, 0) is 31.4 Å². The summed E-state index contributed by atoms with van der Waals surface area (Å²) in [6, 6.07) is 6.37. The minimum atomic E-state index is 0.309. The van der Waals surface area contributed by atoms with Crippen LogP contribution in [-0.2, 0) is 19.5 Å². The van der Waals surface area contributed by atoms with E-state index in [-0.39, 0.29) is 0 Å². The number of rotatable bonds is 6. The monoisotopic (exact) mass is 315 g/mol. The van der Waals surface area contributed by atoms with Crippen LogP contribution in [0.15, 0.2) is 24.4 Å². The molecule has 3 rings (SSSR count). The first-order chi connectivity index (χ1) is 11.2. The molecule has 0 saturated carbocycles. The van der Waals surface area contributed by atoms with Gasteiger partial charge in [0.05, 0.1) is 13.3 Å². The average molecular weight is 315 g/mol. The molecule has 0 bridgehead atoms. The van der Waals surface area contributed by atoms with Gasteiger partial charge in [0.15, 0.2) is 11.5 Å². The second-order valence-electron chi connectivity index (χ2n) is 6.02. The van der Waals surface area contributed by atoms with E-state index < -0.39 is 0 Å². The van der Waals surface area contributed by atoms with Gasteiger partial charge in [0, 0.05) is 30.4 Å². The molecule has 5 heteroatoms. The van der Waals surface area contributed by atoms with Gasteiger partial charge in [0.25, 0.3) is 0 Å². The summed E-state index contributed by atoms with van der Waals surface area (Å²) in [5.74, 6) is 1.71. The Morgan fingerprint density at radius 2 is 2.30 bits per heavy atom. The lowest BCUT2D eigenvalue weighted by Crippen LogP contribution is -2.39. The molecule has 0 fully saturated rings. The zero-order valence-corrected chi connectivity index (χ0v) is 14.1. The standard InChI is InChI=1S/C18H25N3O2/c1-4-8-21-13(2)15(11-20-21)10-19-16-9-14-6-5-7-17(22-3)18(14)23-12-16/h5-7,11,16,19H,4,8-10,12H2,1-3H3/t16-/m1/s1. The first-order valence-electron chi connectivity index (χ1n) is 8.26. The molecule has 1 aromatic heterocycles. The van der Waals surface area contributed by atoms with Crippen LogP contribution in [0.1, 0.15) is 30.2 Å². The lowest BCUT2D eigenvalue weighted by Gasteiger charge is -2.27. The van der Waals surface area contributed by atoms with E-state index in [4.69, 9.17) is 9.47 Å². The van der Waals surface area contributed by atoms with Gasteiger partial charge < -0.3 is 14.8 Å². The molecule has 0 spiro atoms. The molecular formula is C18H25N3O2. The number of aromatic nitrogens is 2. The highest BCUT2D eigenvalue weighted by Gasteiger charge is 2.22. The maximum absolute atomic E-state index is 5.91. The number of nitrogens with one attached hydrogen (secondary N) is 1. The van der Waals surface area contributed by atoms with Gasteiger partial charge in [-0.1, -0.05) is 19.1 Å². The van der Waals surface area contributed by atoms with Crippen molar-refractivity contribution in [3.63, 3.8) is 0 Å². The largest absolute Gasteiger partial charge is 0.493 e. The molecule has 2 aromatic rings. The molecular weight excluding hydrogens is 290 g/mol.